The van der Waals surface area contributed by atoms with Gasteiger partial charge in [0, 0.05) is 6.54 Å². The maximum absolute atomic E-state index is 11.0. The van der Waals surface area contributed by atoms with Gasteiger partial charge in [-0.3, -0.25) is 0 Å². The van der Waals surface area contributed by atoms with E-state index in [0.717, 1.165) is 11.1 Å². The van der Waals surface area contributed by atoms with E-state index < -0.39 is 24.3 Å². The van der Waals surface area contributed by atoms with E-state index in [1.54, 1.807) is 6.08 Å². The van der Waals surface area contributed by atoms with Crippen molar-refractivity contribution in [3.8, 4) is 0 Å². The number of hydroxylamine groups is 2. The first-order valence-electron chi connectivity index (χ1n) is 10.7. The van der Waals surface area contributed by atoms with Gasteiger partial charge >= 0.3 is 0 Å². The minimum atomic E-state index is -0.745. The zero-order valence-electron chi connectivity index (χ0n) is 18.1. The molecule has 6 heteroatoms. The molecule has 2 aromatic carbocycles. The number of nitrogens with zero attached hydrogens (tertiary/aromatic N) is 1. The minimum absolute atomic E-state index is 0.362. The molecule has 2 aromatic rings. The van der Waals surface area contributed by atoms with Crippen LogP contribution < -0.4 is 0 Å². The fourth-order valence-electron chi connectivity index (χ4n) is 4.25. The van der Waals surface area contributed by atoms with Gasteiger partial charge in [0.2, 0.25) is 0 Å². The van der Waals surface area contributed by atoms with Gasteiger partial charge in [0.15, 0.2) is 12.1 Å². The van der Waals surface area contributed by atoms with E-state index in [9.17, 15) is 5.21 Å². The Hall–Kier alpha value is -2.06. The van der Waals surface area contributed by atoms with Crippen molar-refractivity contribution in [1.82, 2.24) is 5.06 Å². The minimum Gasteiger partial charge on any atom is -0.368 e. The van der Waals surface area contributed by atoms with Crippen molar-refractivity contribution < 1.29 is 24.2 Å². The lowest BCUT2D eigenvalue weighted by Crippen LogP contribution is -2.49. The van der Waals surface area contributed by atoms with Crippen LogP contribution in [0.15, 0.2) is 73.3 Å². The Bertz CT molecular complexity index is 844. The molecular weight excluding hydrogens is 394 g/mol. The quantitative estimate of drug-likeness (QED) is 0.478. The maximum Gasteiger partial charge on any atom is 0.190 e. The van der Waals surface area contributed by atoms with E-state index in [4.69, 9.17) is 18.9 Å². The molecule has 6 nitrogen and oxygen atoms in total. The van der Waals surface area contributed by atoms with Gasteiger partial charge in [-0.05, 0) is 31.4 Å². The molecule has 0 bridgehead atoms. The predicted octanol–water partition coefficient (Wildman–Crippen LogP) is 4.28. The second-order valence-corrected chi connectivity index (χ2v) is 8.51. The standard InChI is InChI=1S/C25H31NO5/c1-4-11-20(26(27)16-18-12-7-5-8-13-18)21-22(28-17-19-14-9-6-10-15-19)23-24(29-21)31-25(2,3)30-23/h4-10,12-15,20-24,27H,1,11,16-17H2,2-3H3/t20-,21-,22+,23-,24-/m1/s1. The van der Waals surface area contributed by atoms with Crippen LogP contribution in [-0.2, 0) is 32.1 Å². The van der Waals surface area contributed by atoms with Crippen LogP contribution in [0.25, 0.3) is 0 Å². The van der Waals surface area contributed by atoms with E-state index in [1.165, 1.54) is 5.06 Å². The molecule has 2 aliphatic heterocycles. The third-order valence-corrected chi connectivity index (χ3v) is 5.67. The summed E-state index contributed by atoms with van der Waals surface area (Å²) in [6, 6.07) is 19.5. The highest BCUT2D eigenvalue weighted by molar-refractivity contribution is 5.15. The number of fused-ring (bicyclic) bond motifs is 1. The smallest absolute Gasteiger partial charge is 0.190 e. The maximum atomic E-state index is 11.0. The third kappa shape index (κ3) is 5.23. The zero-order valence-corrected chi connectivity index (χ0v) is 18.1. The predicted molar refractivity (Wildman–Crippen MR) is 116 cm³/mol. The van der Waals surface area contributed by atoms with E-state index >= 15 is 0 Å². The molecule has 31 heavy (non-hydrogen) atoms. The van der Waals surface area contributed by atoms with Gasteiger partial charge in [0.25, 0.3) is 0 Å². The molecular formula is C25H31NO5. The Labute approximate surface area is 183 Å². The molecule has 0 unspecified atom stereocenters. The number of hydrogen-bond acceptors (Lipinski definition) is 6. The zero-order chi connectivity index (χ0) is 21.8. The molecule has 0 aromatic heterocycles. The third-order valence-electron chi connectivity index (χ3n) is 5.67. The fourth-order valence-corrected chi connectivity index (χ4v) is 4.25. The van der Waals surface area contributed by atoms with Gasteiger partial charge in [-0.25, -0.2) is 0 Å². The highest BCUT2D eigenvalue weighted by atomic mass is 16.8. The van der Waals surface area contributed by atoms with Crippen LogP contribution in [0.1, 0.15) is 31.4 Å². The first kappa shape index (κ1) is 22.1. The van der Waals surface area contributed by atoms with Gasteiger partial charge < -0.3 is 24.2 Å². The number of benzene rings is 2. The summed E-state index contributed by atoms with van der Waals surface area (Å²) in [6.45, 7) is 8.40. The average Bonchev–Trinajstić information content (AvgIpc) is 3.23. The summed E-state index contributed by atoms with van der Waals surface area (Å²) in [5, 5.41) is 12.3. The summed E-state index contributed by atoms with van der Waals surface area (Å²) in [7, 11) is 0. The Morgan fingerprint density at radius 3 is 2.35 bits per heavy atom. The number of hydrogen-bond donors (Lipinski definition) is 1. The summed E-state index contributed by atoms with van der Waals surface area (Å²) in [5.74, 6) is -0.745. The molecule has 0 amide bonds. The molecule has 0 radical (unpaired) electrons. The van der Waals surface area contributed by atoms with E-state index in [1.807, 2.05) is 74.5 Å². The molecule has 2 aliphatic rings. The van der Waals surface area contributed by atoms with Crippen LogP contribution in [-0.4, -0.2) is 46.7 Å². The summed E-state index contributed by atoms with van der Waals surface area (Å²) in [5.41, 5.74) is 2.07. The molecule has 2 fully saturated rings. The summed E-state index contributed by atoms with van der Waals surface area (Å²) < 4.78 is 24.7. The second-order valence-electron chi connectivity index (χ2n) is 8.51. The lowest BCUT2D eigenvalue weighted by atomic mass is 9.99. The van der Waals surface area contributed by atoms with Crippen molar-refractivity contribution in [2.75, 3.05) is 0 Å². The molecule has 0 aliphatic carbocycles. The van der Waals surface area contributed by atoms with Crippen molar-refractivity contribution >= 4 is 0 Å². The van der Waals surface area contributed by atoms with Gasteiger partial charge in [-0.1, -0.05) is 66.7 Å². The van der Waals surface area contributed by atoms with E-state index in [0.29, 0.717) is 19.6 Å². The first-order valence-corrected chi connectivity index (χ1v) is 10.7. The summed E-state index contributed by atoms with van der Waals surface area (Å²) in [6.07, 6.45) is 0.557. The van der Waals surface area contributed by atoms with Crippen LogP contribution in [0.2, 0.25) is 0 Å². The Kier molecular flexibility index (Phi) is 6.86. The fraction of sp³-hybridized carbons (Fsp3) is 0.440. The van der Waals surface area contributed by atoms with Gasteiger partial charge in [-0.2, -0.15) is 5.06 Å². The van der Waals surface area contributed by atoms with Crippen LogP contribution in [0, 0.1) is 0 Å². The van der Waals surface area contributed by atoms with Crippen molar-refractivity contribution in [2.24, 2.45) is 0 Å². The summed E-state index contributed by atoms with van der Waals surface area (Å²) >= 11 is 0. The van der Waals surface area contributed by atoms with E-state index in [-0.39, 0.29) is 12.1 Å². The molecule has 0 saturated carbocycles. The van der Waals surface area contributed by atoms with Gasteiger partial charge in [0.05, 0.1) is 12.6 Å². The van der Waals surface area contributed by atoms with Crippen molar-refractivity contribution in [2.45, 2.75) is 69.9 Å². The van der Waals surface area contributed by atoms with E-state index in [2.05, 4.69) is 6.58 Å². The van der Waals surface area contributed by atoms with Crippen molar-refractivity contribution in [3.63, 3.8) is 0 Å². The number of rotatable bonds is 9. The molecule has 2 saturated heterocycles. The number of ether oxygens (including phenoxy) is 4. The molecule has 1 N–H and O–H groups in total. The Balaban J connectivity index is 1.54. The molecule has 4 rings (SSSR count). The topological polar surface area (TPSA) is 60.4 Å². The monoisotopic (exact) mass is 425 g/mol. The van der Waals surface area contributed by atoms with Crippen molar-refractivity contribution in [1.29, 1.82) is 0 Å². The van der Waals surface area contributed by atoms with Crippen LogP contribution in [0.5, 0.6) is 0 Å². The molecule has 0 spiro atoms. The van der Waals surface area contributed by atoms with Crippen LogP contribution in [0.4, 0.5) is 0 Å². The highest BCUT2D eigenvalue weighted by Crippen LogP contribution is 2.41. The van der Waals surface area contributed by atoms with Crippen LogP contribution in [0.3, 0.4) is 0 Å². The lowest BCUT2D eigenvalue weighted by molar-refractivity contribution is -0.244. The highest BCUT2D eigenvalue weighted by Gasteiger charge is 2.57. The SMILES string of the molecule is C=CC[C@H]([C@H]1O[C@@H]2OC(C)(C)O[C@@H]2[C@H]1OCc1ccccc1)N(O)Cc1ccccc1. The van der Waals surface area contributed by atoms with Gasteiger partial charge in [0.1, 0.15) is 18.3 Å². The normalized spacial score (nSPS) is 27.9. The Morgan fingerprint density at radius 2 is 1.71 bits per heavy atom. The van der Waals surface area contributed by atoms with Gasteiger partial charge in [-0.15, -0.1) is 6.58 Å². The molecule has 2 heterocycles. The summed E-state index contributed by atoms with van der Waals surface area (Å²) in [4.78, 5) is 0. The Morgan fingerprint density at radius 1 is 1.06 bits per heavy atom. The lowest BCUT2D eigenvalue weighted by Gasteiger charge is -2.34. The largest absolute Gasteiger partial charge is 0.368 e. The average molecular weight is 426 g/mol. The second kappa shape index (κ2) is 9.61. The first-order chi connectivity index (χ1) is 15.0. The molecule has 166 valence electrons. The van der Waals surface area contributed by atoms with Crippen LogP contribution >= 0.6 is 0 Å². The van der Waals surface area contributed by atoms with Crippen molar-refractivity contribution in [3.05, 3.63) is 84.4 Å². The molecule has 5 atom stereocenters.